The molecule has 0 aromatic rings. The SMILES string of the molecule is O=C(O)CC1CCCC1N1CCOCC1. The summed E-state index contributed by atoms with van der Waals surface area (Å²) in [5.41, 5.74) is 0. The molecule has 1 saturated heterocycles. The number of hydrogen-bond acceptors (Lipinski definition) is 3. The maximum absolute atomic E-state index is 10.7. The molecule has 15 heavy (non-hydrogen) atoms. The van der Waals surface area contributed by atoms with Gasteiger partial charge < -0.3 is 9.84 Å². The summed E-state index contributed by atoms with van der Waals surface area (Å²) in [6.45, 7) is 3.55. The maximum atomic E-state index is 10.7. The molecule has 0 amide bonds. The summed E-state index contributed by atoms with van der Waals surface area (Å²) in [6, 6.07) is 0.491. The van der Waals surface area contributed by atoms with E-state index < -0.39 is 5.97 Å². The fourth-order valence-corrected chi connectivity index (χ4v) is 2.87. The fraction of sp³-hybridized carbons (Fsp3) is 0.909. The van der Waals surface area contributed by atoms with Crippen molar-refractivity contribution >= 4 is 5.97 Å². The van der Waals surface area contributed by atoms with E-state index in [2.05, 4.69) is 4.90 Å². The number of carboxylic acid groups (broad SMARTS) is 1. The standard InChI is InChI=1S/C11H19NO3/c13-11(14)8-9-2-1-3-10(9)12-4-6-15-7-5-12/h9-10H,1-8H2,(H,13,14). The summed E-state index contributed by atoms with van der Waals surface area (Å²) in [5, 5.41) is 8.85. The van der Waals surface area contributed by atoms with Gasteiger partial charge in [-0.15, -0.1) is 0 Å². The molecule has 1 aliphatic heterocycles. The van der Waals surface area contributed by atoms with Gasteiger partial charge in [-0.1, -0.05) is 6.42 Å². The number of rotatable bonds is 3. The second kappa shape index (κ2) is 4.94. The summed E-state index contributed by atoms with van der Waals surface area (Å²) < 4.78 is 5.32. The van der Waals surface area contributed by atoms with E-state index in [1.54, 1.807) is 0 Å². The zero-order valence-electron chi connectivity index (χ0n) is 9.02. The third-order valence-corrected chi connectivity index (χ3v) is 3.57. The van der Waals surface area contributed by atoms with Crippen LogP contribution in [0.5, 0.6) is 0 Å². The molecular formula is C11H19NO3. The van der Waals surface area contributed by atoms with Gasteiger partial charge in [0.05, 0.1) is 13.2 Å². The highest BCUT2D eigenvalue weighted by atomic mass is 16.5. The van der Waals surface area contributed by atoms with Gasteiger partial charge in [0.25, 0.3) is 0 Å². The molecule has 0 spiro atoms. The van der Waals surface area contributed by atoms with Crippen LogP contribution >= 0.6 is 0 Å². The van der Waals surface area contributed by atoms with Crippen molar-refractivity contribution < 1.29 is 14.6 Å². The third-order valence-electron chi connectivity index (χ3n) is 3.57. The van der Waals surface area contributed by atoms with E-state index >= 15 is 0 Å². The second-order valence-corrected chi connectivity index (χ2v) is 4.50. The zero-order valence-corrected chi connectivity index (χ0v) is 9.02. The first kappa shape index (κ1) is 10.9. The largest absolute Gasteiger partial charge is 0.481 e. The average Bonchev–Trinajstić information content (AvgIpc) is 2.66. The Bertz CT molecular complexity index is 226. The number of carbonyl (C=O) groups is 1. The molecule has 1 aliphatic carbocycles. The molecule has 0 bridgehead atoms. The second-order valence-electron chi connectivity index (χ2n) is 4.50. The minimum Gasteiger partial charge on any atom is -0.481 e. The van der Waals surface area contributed by atoms with Crippen molar-refractivity contribution in [1.82, 2.24) is 4.90 Å². The molecule has 2 unspecified atom stereocenters. The highest BCUT2D eigenvalue weighted by Gasteiger charge is 2.33. The van der Waals surface area contributed by atoms with Crippen LogP contribution in [0.25, 0.3) is 0 Å². The van der Waals surface area contributed by atoms with Gasteiger partial charge in [-0.3, -0.25) is 9.69 Å². The summed E-state index contributed by atoms with van der Waals surface area (Å²) in [7, 11) is 0. The van der Waals surface area contributed by atoms with Gasteiger partial charge in [-0.05, 0) is 18.8 Å². The monoisotopic (exact) mass is 213 g/mol. The molecule has 2 atom stereocenters. The molecule has 2 aliphatic rings. The fourth-order valence-electron chi connectivity index (χ4n) is 2.87. The Morgan fingerprint density at radius 2 is 2.07 bits per heavy atom. The highest BCUT2D eigenvalue weighted by molar-refractivity contribution is 5.67. The Morgan fingerprint density at radius 3 is 2.73 bits per heavy atom. The van der Waals surface area contributed by atoms with Gasteiger partial charge in [0.15, 0.2) is 0 Å². The number of aliphatic carboxylic acids is 1. The van der Waals surface area contributed by atoms with Crippen LogP contribution in [-0.2, 0) is 9.53 Å². The van der Waals surface area contributed by atoms with E-state index in [-0.39, 0.29) is 0 Å². The Hall–Kier alpha value is -0.610. The molecule has 1 N–H and O–H groups in total. The van der Waals surface area contributed by atoms with Crippen molar-refractivity contribution in [3.63, 3.8) is 0 Å². The van der Waals surface area contributed by atoms with Crippen LogP contribution in [0, 0.1) is 5.92 Å². The van der Waals surface area contributed by atoms with Crippen LogP contribution in [0.2, 0.25) is 0 Å². The van der Waals surface area contributed by atoms with Crippen LogP contribution < -0.4 is 0 Å². The van der Waals surface area contributed by atoms with Crippen molar-refractivity contribution in [3.8, 4) is 0 Å². The molecule has 0 aromatic heterocycles. The molecule has 4 heteroatoms. The first-order chi connectivity index (χ1) is 7.27. The lowest BCUT2D eigenvalue weighted by Crippen LogP contribution is -2.45. The zero-order chi connectivity index (χ0) is 10.7. The lowest BCUT2D eigenvalue weighted by atomic mass is 9.98. The van der Waals surface area contributed by atoms with Crippen molar-refractivity contribution in [2.75, 3.05) is 26.3 Å². The Balaban J connectivity index is 1.91. The van der Waals surface area contributed by atoms with Crippen molar-refractivity contribution in [2.24, 2.45) is 5.92 Å². The number of carboxylic acids is 1. The third kappa shape index (κ3) is 2.69. The smallest absolute Gasteiger partial charge is 0.303 e. The van der Waals surface area contributed by atoms with Crippen molar-refractivity contribution in [3.05, 3.63) is 0 Å². The van der Waals surface area contributed by atoms with Crippen LogP contribution in [0.1, 0.15) is 25.7 Å². The van der Waals surface area contributed by atoms with Crippen LogP contribution in [0.3, 0.4) is 0 Å². The van der Waals surface area contributed by atoms with Crippen molar-refractivity contribution in [1.29, 1.82) is 0 Å². The van der Waals surface area contributed by atoms with Crippen LogP contribution in [0.4, 0.5) is 0 Å². The molecule has 1 heterocycles. The minimum atomic E-state index is -0.653. The minimum absolute atomic E-state index is 0.335. The van der Waals surface area contributed by atoms with Gasteiger partial charge >= 0.3 is 5.97 Å². The number of ether oxygens (including phenoxy) is 1. The lowest BCUT2D eigenvalue weighted by molar-refractivity contribution is -0.138. The molecule has 4 nitrogen and oxygen atoms in total. The summed E-state index contributed by atoms with van der Waals surface area (Å²) in [4.78, 5) is 13.2. The van der Waals surface area contributed by atoms with Crippen molar-refractivity contribution in [2.45, 2.75) is 31.7 Å². The number of nitrogens with zero attached hydrogens (tertiary/aromatic N) is 1. The van der Waals surface area contributed by atoms with Gasteiger partial charge in [0.2, 0.25) is 0 Å². The van der Waals surface area contributed by atoms with E-state index in [1.165, 1.54) is 6.42 Å². The summed E-state index contributed by atoms with van der Waals surface area (Å²) in [6.07, 6.45) is 3.76. The highest BCUT2D eigenvalue weighted by Crippen LogP contribution is 2.32. The van der Waals surface area contributed by atoms with Gasteiger partial charge in [-0.2, -0.15) is 0 Å². The number of hydrogen-bond donors (Lipinski definition) is 1. The topological polar surface area (TPSA) is 49.8 Å². The maximum Gasteiger partial charge on any atom is 0.303 e. The molecule has 0 radical (unpaired) electrons. The molecule has 2 rings (SSSR count). The van der Waals surface area contributed by atoms with Gasteiger partial charge in [0.1, 0.15) is 0 Å². The lowest BCUT2D eigenvalue weighted by Gasteiger charge is -2.35. The first-order valence-corrected chi connectivity index (χ1v) is 5.81. The molecule has 0 aromatic carbocycles. The molecule has 2 fully saturated rings. The Kier molecular flexibility index (Phi) is 3.59. The van der Waals surface area contributed by atoms with Crippen LogP contribution in [0.15, 0.2) is 0 Å². The van der Waals surface area contributed by atoms with E-state index in [4.69, 9.17) is 9.84 Å². The summed E-state index contributed by atoms with van der Waals surface area (Å²) in [5.74, 6) is -0.291. The first-order valence-electron chi connectivity index (χ1n) is 5.81. The van der Waals surface area contributed by atoms with E-state index in [0.717, 1.165) is 39.1 Å². The normalized spacial score (nSPS) is 33.1. The predicted octanol–water partition coefficient (Wildman–Crippen LogP) is 0.962. The average molecular weight is 213 g/mol. The van der Waals surface area contributed by atoms with E-state index in [9.17, 15) is 4.79 Å². The number of morpholine rings is 1. The van der Waals surface area contributed by atoms with E-state index in [1.807, 2.05) is 0 Å². The molecule has 1 saturated carbocycles. The quantitative estimate of drug-likeness (QED) is 0.758. The molecular weight excluding hydrogens is 194 g/mol. The van der Waals surface area contributed by atoms with Gasteiger partial charge in [-0.25, -0.2) is 0 Å². The molecule has 86 valence electrons. The van der Waals surface area contributed by atoms with Crippen LogP contribution in [-0.4, -0.2) is 48.3 Å². The Morgan fingerprint density at radius 1 is 1.33 bits per heavy atom. The summed E-state index contributed by atoms with van der Waals surface area (Å²) >= 11 is 0. The van der Waals surface area contributed by atoms with E-state index in [0.29, 0.717) is 18.4 Å². The predicted molar refractivity (Wildman–Crippen MR) is 55.8 cm³/mol. The van der Waals surface area contributed by atoms with Gasteiger partial charge in [0, 0.05) is 25.6 Å². The Labute approximate surface area is 90.2 Å².